The first-order chi connectivity index (χ1) is 15.3. The molecule has 1 aliphatic rings. The zero-order valence-corrected chi connectivity index (χ0v) is 19.5. The summed E-state index contributed by atoms with van der Waals surface area (Å²) >= 11 is 1.44. The van der Waals surface area contributed by atoms with Crippen LogP contribution in [0.4, 0.5) is 9.93 Å². The second-order valence-corrected chi connectivity index (χ2v) is 9.27. The molecule has 1 aromatic carbocycles. The first kappa shape index (κ1) is 21.9. The largest absolute Gasteiger partial charge is 0.323 e. The molecule has 3 heterocycles. The van der Waals surface area contributed by atoms with Crippen LogP contribution in [0, 0.1) is 25.2 Å². The highest BCUT2D eigenvalue weighted by molar-refractivity contribution is 7.19. The predicted molar refractivity (Wildman–Crippen MR) is 128 cm³/mol. The molecule has 164 valence electrons. The van der Waals surface area contributed by atoms with E-state index in [2.05, 4.69) is 28.6 Å². The van der Waals surface area contributed by atoms with Crippen LogP contribution in [-0.2, 0) is 0 Å². The molecule has 0 radical (unpaired) electrons. The van der Waals surface area contributed by atoms with Crippen LogP contribution in [0.5, 0.6) is 0 Å². The van der Waals surface area contributed by atoms with Gasteiger partial charge in [-0.2, -0.15) is 5.26 Å². The zero-order chi connectivity index (χ0) is 22.8. The molecule has 3 aromatic rings. The smallest absolute Gasteiger partial charge is 0.319 e. The van der Waals surface area contributed by atoms with Gasteiger partial charge in [0, 0.05) is 42.1 Å². The Morgan fingerprint density at radius 1 is 1.19 bits per heavy atom. The van der Waals surface area contributed by atoms with Gasteiger partial charge in [-0.25, -0.2) is 9.78 Å². The molecule has 0 unspecified atom stereocenters. The van der Waals surface area contributed by atoms with Crippen LogP contribution in [0.2, 0.25) is 0 Å². The Morgan fingerprint density at radius 2 is 1.94 bits per heavy atom. The minimum atomic E-state index is -0.148. The summed E-state index contributed by atoms with van der Waals surface area (Å²) < 4.78 is 0. The number of rotatable bonds is 3. The third-order valence-electron chi connectivity index (χ3n) is 5.48. The molecule has 0 spiro atoms. The lowest BCUT2D eigenvalue weighted by molar-refractivity contribution is 0.161. The molecule has 1 aliphatic heterocycles. The van der Waals surface area contributed by atoms with E-state index in [9.17, 15) is 10.1 Å². The lowest BCUT2D eigenvalue weighted by Gasteiger charge is -2.37. The number of carbonyl (C=O) groups excluding carboxylic acids is 1. The number of hydrogen-bond acceptors (Lipinski definition) is 6. The van der Waals surface area contributed by atoms with Crippen LogP contribution in [-0.4, -0.2) is 46.1 Å². The van der Waals surface area contributed by atoms with E-state index in [4.69, 9.17) is 4.98 Å². The van der Waals surface area contributed by atoms with Gasteiger partial charge in [-0.1, -0.05) is 23.5 Å². The second kappa shape index (κ2) is 9.07. The van der Waals surface area contributed by atoms with E-state index < -0.39 is 0 Å². The number of benzene rings is 1. The predicted octanol–water partition coefficient (Wildman–Crippen LogP) is 4.57. The molecule has 1 fully saturated rings. The minimum absolute atomic E-state index is 0.0999. The molecular formula is C24H26N6OS. The Bertz CT molecular complexity index is 1180. The van der Waals surface area contributed by atoms with Gasteiger partial charge in [0.1, 0.15) is 0 Å². The quantitative estimate of drug-likeness (QED) is 0.614. The van der Waals surface area contributed by atoms with Crippen molar-refractivity contribution in [1.82, 2.24) is 20.2 Å². The fraction of sp³-hybridized carbons (Fsp3) is 0.333. The van der Waals surface area contributed by atoms with Gasteiger partial charge in [0.05, 0.1) is 22.2 Å². The molecule has 2 amide bonds. The number of carbonyl (C=O) groups is 1. The van der Waals surface area contributed by atoms with E-state index >= 15 is 0 Å². The first-order valence-electron chi connectivity index (χ1n) is 10.6. The van der Waals surface area contributed by atoms with Crippen LogP contribution in [0.3, 0.4) is 0 Å². The van der Waals surface area contributed by atoms with Gasteiger partial charge in [-0.15, -0.1) is 0 Å². The highest BCUT2D eigenvalue weighted by atomic mass is 32.1. The summed E-state index contributed by atoms with van der Waals surface area (Å²) in [6, 6.07) is 13.8. The molecular weight excluding hydrogens is 420 g/mol. The third kappa shape index (κ3) is 4.64. The Morgan fingerprint density at radius 3 is 2.66 bits per heavy atom. The van der Waals surface area contributed by atoms with Gasteiger partial charge >= 0.3 is 6.03 Å². The normalized spacial score (nSPS) is 18.3. The molecule has 7 nitrogen and oxygen atoms in total. The summed E-state index contributed by atoms with van der Waals surface area (Å²) in [7, 11) is 0. The molecule has 2 atom stereocenters. The number of thiazole rings is 1. The number of aromatic nitrogens is 2. The van der Waals surface area contributed by atoms with E-state index in [1.165, 1.54) is 11.3 Å². The van der Waals surface area contributed by atoms with Gasteiger partial charge < -0.3 is 10.2 Å². The fourth-order valence-corrected chi connectivity index (χ4v) is 4.90. The van der Waals surface area contributed by atoms with Crippen molar-refractivity contribution in [3.8, 4) is 27.8 Å². The van der Waals surface area contributed by atoms with Crippen molar-refractivity contribution in [2.45, 2.75) is 39.8 Å². The minimum Gasteiger partial charge on any atom is -0.319 e. The molecule has 1 saturated heterocycles. The maximum atomic E-state index is 13.0. The van der Waals surface area contributed by atoms with E-state index in [-0.39, 0.29) is 18.1 Å². The Hall–Kier alpha value is -3.28. The van der Waals surface area contributed by atoms with Crippen LogP contribution >= 0.6 is 11.3 Å². The van der Waals surface area contributed by atoms with E-state index in [1.807, 2.05) is 56.0 Å². The van der Waals surface area contributed by atoms with Crippen LogP contribution in [0.25, 0.3) is 21.7 Å². The SMILES string of the molecule is Cc1cc(-c2sc(NC(=O)N3C[C@@H](C)NC[C@@H]3C)nc2-c2cccc(C#N)c2)cc(C)n1. The van der Waals surface area contributed by atoms with Crippen molar-refractivity contribution in [1.29, 1.82) is 5.26 Å². The average Bonchev–Trinajstić information content (AvgIpc) is 3.18. The van der Waals surface area contributed by atoms with Crippen molar-refractivity contribution in [3.05, 3.63) is 53.3 Å². The summed E-state index contributed by atoms with van der Waals surface area (Å²) in [5, 5.41) is 16.3. The van der Waals surface area contributed by atoms with Crippen LogP contribution in [0.15, 0.2) is 36.4 Å². The molecule has 2 N–H and O–H groups in total. The Kier molecular flexibility index (Phi) is 6.21. The maximum Gasteiger partial charge on any atom is 0.323 e. The Balaban J connectivity index is 1.73. The number of nitrogens with one attached hydrogen (secondary N) is 2. The molecule has 0 saturated carbocycles. The molecule has 0 bridgehead atoms. The summed E-state index contributed by atoms with van der Waals surface area (Å²) in [5.41, 5.74) is 4.98. The van der Waals surface area contributed by atoms with Crippen molar-refractivity contribution in [2.75, 3.05) is 18.4 Å². The average molecular weight is 447 g/mol. The number of nitrogens with zero attached hydrogens (tertiary/aromatic N) is 4. The Labute approximate surface area is 192 Å². The highest BCUT2D eigenvalue weighted by Gasteiger charge is 2.27. The monoisotopic (exact) mass is 446 g/mol. The first-order valence-corrected chi connectivity index (χ1v) is 11.4. The van der Waals surface area contributed by atoms with E-state index in [0.717, 1.165) is 39.6 Å². The van der Waals surface area contributed by atoms with Crippen molar-refractivity contribution in [3.63, 3.8) is 0 Å². The topological polar surface area (TPSA) is 93.9 Å². The summed E-state index contributed by atoms with van der Waals surface area (Å²) in [4.78, 5) is 25.1. The number of amides is 2. The number of hydrogen-bond donors (Lipinski definition) is 2. The number of urea groups is 1. The van der Waals surface area contributed by atoms with Crippen molar-refractivity contribution in [2.24, 2.45) is 0 Å². The standard InChI is InChI=1S/C24H26N6OS/c1-14-8-20(9-15(2)27-14)22-21(19-7-5-6-18(10-19)11-25)28-23(32-22)29-24(31)30-13-16(3)26-12-17(30)4/h5-10,16-17,26H,12-13H2,1-4H3,(H,28,29,31)/t16-,17+/m1/s1. The number of anilines is 1. The van der Waals surface area contributed by atoms with E-state index in [1.54, 1.807) is 6.07 Å². The molecule has 2 aromatic heterocycles. The maximum absolute atomic E-state index is 13.0. The van der Waals surface area contributed by atoms with Crippen LogP contribution < -0.4 is 10.6 Å². The van der Waals surface area contributed by atoms with Crippen molar-refractivity contribution < 1.29 is 4.79 Å². The number of piperazine rings is 1. The van der Waals surface area contributed by atoms with Gasteiger partial charge in [0.25, 0.3) is 0 Å². The molecule has 8 heteroatoms. The lowest BCUT2D eigenvalue weighted by atomic mass is 10.0. The van der Waals surface area contributed by atoms with Gasteiger partial charge in [-0.3, -0.25) is 10.3 Å². The molecule has 32 heavy (non-hydrogen) atoms. The van der Waals surface area contributed by atoms with Gasteiger partial charge in [-0.05, 0) is 57.5 Å². The summed E-state index contributed by atoms with van der Waals surface area (Å²) in [6.07, 6.45) is 0. The molecule has 0 aliphatic carbocycles. The second-order valence-electron chi connectivity index (χ2n) is 8.27. The summed E-state index contributed by atoms with van der Waals surface area (Å²) in [5.74, 6) is 0. The fourth-order valence-electron chi connectivity index (χ4n) is 3.93. The summed E-state index contributed by atoms with van der Waals surface area (Å²) in [6.45, 7) is 9.44. The highest BCUT2D eigenvalue weighted by Crippen LogP contribution is 2.39. The van der Waals surface area contributed by atoms with E-state index in [0.29, 0.717) is 17.2 Å². The lowest BCUT2D eigenvalue weighted by Crippen LogP contribution is -2.57. The number of aryl methyl sites for hydroxylation is 2. The van der Waals surface area contributed by atoms with Gasteiger partial charge in [0.15, 0.2) is 5.13 Å². The molecule has 4 rings (SSSR count). The van der Waals surface area contributed by atoms with Crippen LogP contribution in [0.1, 0.15) is 30.8 Å². The zero-order valence-electron chi connectivity index (χ0n) is 18.6. The number of nitriles is 1. The number of pyridine rings is 1. The van der Waals surface area contributed by atoms with Gasteiger partial charge in [0.2, 0.25) is 0 Å². The van der Waals surface area contributed by atoms with Crippen molar-refractivity contribution >= 4 is 22.5 Å². The third-order valence-corrected chi connectivity index (χ3v) is 6.49.